The van der Waals surface area contributed by atoms with Crippen LogP contribution in [0.5, 0.6) is 0 Å². The van der Waals surface area contributed by atoms with Crippen molar-refractivity contribution in [3.63, 3.8) is 0 Å². The summed E-state index contributed by atoms with van der Waals surface area (Å²) < 4.78 is 11.6. The summed E-state index contributed by atoms with van der Waals surface area (Å²) in [4.78, 5) is 16.3. The lowest BCUT2D eigenvalue weighted by Crippen LogP contribution is -2.60. The topological polar surface area (TPSA) is 141 Å². The number of halogens is 1. The van der Waals surface area contributed by atoms with Crippen LogP contribution < -0.4 is 5.32 Å². The van der Waals surface area contributed by atoms with Crippen molar-refractivity contribution in [3.05, 3.63) is 69.5 Å². The molecule has 1 aromatic carbocycles. The van der Waals surface area contributed by atoms with Crippen LogP contribution >= 0.6 is 11.6 Å². The first-order valence-electron chi connectivity index (χ1n) is 11.6. The molecule has 3 heterocycles. The summed E-state index contributed by atoms with van der Waals surface area (Å²) in [6, 6.07) is 9.34. The normalized spacial score (nSPS) is 30.9. The van der Waals surface area contributed by atoms with Crippen molar-refractivity contribution in [1.82, 2.24) is 10.3 Å². The molecule has 35 heavy (non-hydrogen) atoms. The van der Waals surface area contributed by atoms with Crippen molar-refractivity contribution in [2.45, 2.75) is 56.1 Å². The van der Waals surface area contributed by atoms with Crippen LogP contribution in [0.2, 0.25) is 5.02 Å². The summed E-state index contributed by atoms with van der Waals surface area (Å²) in [6.45, 7) is 1.73. The van der Waals surface area contributed by atoms with E-state index >= 15 is 0 Å². The van der Waals surface area contributed by atoms with Crippen molar-refractivity contribution in [1.29, 1.82) is 0 Å². The third-order valence-corrected chi connectivity index (χ3v) is 7.07. The Kier molecular flexibility index (Phi) is 6.91. The Labute approximate surface area is 207 Å². The largest absolute Gasteiger partial charge is 0.479 e. The summed E-state index contributed by atoms with van der Waals surface area (Å²) in [5, 5.41) is 44.1. The maximum absolute atomic E-state index is 11.6. The van der Waals surface area contributed by atoms with Crippen molar-refractivity contribution in [2.75, 3.05) is 13.1 Å². The molecule has 0 amide bonds. The fourth-order valence-electron chi connectivity index (χ4n) is 5.08. The summed E-state index contributed by atoms with van der Waals surface area (Å²) in [5.41, 5.74) is 5.72. The van der Waals surface area contributed by atoms with Gasteiger partial charge in [0, 0.05) is 23.2 Å². The number of aromatic nitrogens is 1. The Morgan fingerprint density at radius 3 is 2.63 bits per heavy atom. The Hall–Kier alpha value is -2.37. The van der Waals surface area contributed by atoms with Crippen LogP contribution in [0.15, 0.2) is 42.1 Å². The Morgan fingerprint density at radius 2 is 1.89 bits per heavy atom. The highest BCUT2D eigenvalue weighted by Crippen LogP contribution is 2.43. The first-order chi connectivity index (χ1) is 16.8. The number of carboxylic acids is 1. The zero-order valence-electron chi connectivity index (χ0n) is 18.8. The Morgan fingerprint density at radius 1 is 1.11 bits per heavy atom. The van der Waals surface area contributed by atoms with Gasteiger partial charge in [-0.3, -0.25) is 4.98 Å². The SMILES string of the molecule is O=C(O)[C@@H]1O[C@H](OC2Cc3cccnc3C(=C3CCNCC3)c3ccc(Cl)cc32)[C@@H](O)[C@@H](O)[C@H]1O. The highest BCUT2D eigenvalue weighted by molar-refractivity contribution is 6.30. The van der Waals surface area contributed by atoms with Gasteiger partial charge in [0.25, 0.3) is 0 Å². The third-order valence-electron chi connectivity index (χ3n) is 6.84. The van der Waals surface area contributed by atoms with E-state index in [0.717, 1.165) is 53.9 Å². The van der Waals surface area contributed by atoms with E-state index in [2.05, 4.69) is 5.32 Å². The highest BCUT2D eigenvalue weighted by Gasteiger charge is 2.48. The lowest BCUT2D eigenvalue weighted by atomic mass is 9.89. The fraction of sp³-hybridized carbons (Fsp3) is 0.440. The number of hydrogen-bond donors (Lipinski definition) is 5. The average Bonchev–Trinajstić information content (AvgIpc) is 2.99. The van der Waals surface area contributed by atoms with Crippen LogP contribution in [0.25, 0.3) is 5.57 Å². The van der Waals surface area contributed by atoms with Gasteiger partial charge in [-0.25, -0.2) is 4.79 Å². The van der Waals surface area contributed by atoms with Gasteiger partial charge in [0.15, 0.2) is 12.4 Å². The predicted molar refractivity (Wildman–Crippen MR) is 126 cm³/mol. The van der Waals surface area contributed by atoms with Crippen LogP contribution in [0.3, 0.4) is 0 Å². The summed E-state index contributed by atoms with van der Waals surface area (Å²) in [7, 11) is 0. The molecular weight excluding hydrogens is 476 g/mol. The third kappa shape index (κ3) is 4.61. The van der Waals surface area contributed by atoms with Crippen molar-refractivity contribution >= 4 is 23.1 Å². The Balaban J connectivity index is 1.60. The monoisotopic (exact) mass is 502 g/mol. The number of aliphatic carboxylic acids is 1. The van der Waals surface area contributed by atoms with E-state index in [1.807, 2.05) is 18.2 Å². The smallest absolute Gasteiger partial charge is 0.335 e. The Bertz CT molecular complexity index is 1150. The number of piperidine rings is 1. The minimum absolute atomic E-state index is 0.356. The lowest BCUT2D eigenvalue weighted by Gasteiger charge is -2.40. The molecule has 0 spiro atoms. The molecule has 0 radical (unpaired) electrons. The maximum atomic E-state index is 11.6. The van der Waals surface area contributed by atoms with Gasteiger partial charge in [-0.1, -0.05) is 29.3 Å². The summed E-state index contributed by atoms with van der Waals surface area (Å²) in [6.07, 6.45) is -5.27. The number of nitrogens with one attached hydrogen (secondary N) is 1. The van der Waals surface area contributed by atoms with Gasteiger partial charge in [0.2, 0.25) is 0 Å². The molecule has 1 aromatic heterocycles. The molecule has 6 atom stereocenters. The van der Waals surface area contributed by atoms with Crippen molar-refractivity contribution < 1.29 is 34.7 Å². The molecule has 0 saturated carbocycles. The van der Waals surface area contributed by atoms with E-state index < -0.39 is 42.8 Å². The number of ether oxygens (including phenoxy) is 2. The molecule has 5 rings (SSSR count). The van der Waals surface area contributed by atoms with Crippen LogP contribution in [0, 0.1) is 0 Å². The van der Waals surface area contributed by atoms with Crippen molar-refractivity contribution in [3.8, 4) is 0 Å². The molecule has 3 aliphatic rings. The minimum atomic E-state index is -1.79. The molecule has 2 aromatic rings. The number of aliphatic hydroxyl groups excluding tert-OH is 3. The number of benzene rings is 1. The molecule has 2 fully saturated rings. The van der Waals surface area contributed by atoms with E-state index in [9.17, 15) is 25.2 Å². The fourth-order valence-corrected chi connectivity index (χ4v) is 5.26. The summed E-state index contributed by atoms with van der Waals surface area (Å²) >= 11 is 6.39. The zero-order valence-corrected chi connectivity index (χ0v) is 19.6. The van der Waals surface area contributed by atoms with Crippen LogP contribution in [-0.4, -0.2) is 75.2 Å². The van der Waals surface area contributed by atoms with Gasteiger partial charge in [0.1, 0.15) is 18.3 Å². The van der Waals surface area contributed by atoms with E-state index in [1.54, 1.807) is 18.3 Å². The van der Waals surface area contributed by atoms with E-state index in [-0.39, 0.29) is 0 Å². The number of fused-ring (bicyclic) bond motifs is 2. The number of pyridine rings is 1. The molecule has 1 aliphatic carbocycles. The number of rotatable bonds is 3. The molecule has 10 heteroatoms. The van der Waals surface area contributed by atoms with Gasteiger partial charge in [-0.05, 0) is 60.8 Å². The molecule has 186 valence electrons. The predicted octanol–water partition coefficient (Wildman–Crippen LogP) is 1.43. The molecule has 2 saturated heterocycles. The second-order valence-electron chi connectivity index (χ2n) is 9.04. The molecule has 9 nitrogen and oxygen atoms in total. The summed E-state index contributed by atoms with van der Waals surface area (Å²) in [5.74, 6) is -1.46. The average molecular weight is 503 g/mol. The molecular formula is C25H27ClN2O7. The number of hydrogen-bond acceptors (Lipinski definition) is 8. The van der Waals surface area contributed by atoms with Crippen LogP contribution in [-0.2, 0) is 20.7 Å². The number of carbonyl (C=O) groups is 1. The number of carboxylic acid groups (broad SMARTS) is 1. The quantitative estimate of drug-likeness (QED) is 0.421. The van der Waals surface area contributed by atoms with Gasteiger partial charge >= 0.3 is 5.97 Å². The highest BCUT2D eigenvalue weighted by atomic mass is 35.5. The second kappa shape index (κ2) is 9.94. The second-order valence-corrected chi connectivity index (χ2v) is 9.47. The maximum Gasteiger partial charge on any atom is 0.335 e. The number of nitrogens with zero attached hydrogens (tertiary/aromatic N) is 1. The van der Waals surface area contributed by atoms with Gasteiger partial charge in [-0.15, -0.1) is 0 Å². The minimum Gasteiger partial charge on any atom is -0.479 e. The molecule has 0 bridgehead atoms. The van der Waals surface area contributed by atoms with Crippen LogP contribution in [0.1, 0.15) is 41.3 Å². The molecule has 1 unspecified atom stereocenters. The van der Waals surface area contributed by atoms with Gasteiger partial charge in [0.05, 0.1) is 11.8 Å². The van der Waals surface area contributed by atoms with E-state index in [0.29, 0.717) is 11.4 Å². The molecule has 5 N–H and O–H groups in total. The van der Waals surface area contributed by atoms with Crippen LogP contribution in [0.4, 0.5) is 0 Å². The standard InChI is InChI=1S/C25H27ClN2O7/c26-14-3-4-15-16(11-14)17(34-25-22(31)20(29)21(30)23(35-25)24(32)33)10-13-2-1-7-28-19(13)18(15)12-5-8-27-9-6-12/h1-4,7,11,17,20-23,25,27,29-31H,5-6,8-10H2,(H,32,33)/t17?,20-,21+,22-,23+,25-/m0/s1. The van der Waals surface area contributed by atoms with E-state index in [4.69, 9.17) is 26.1 Å². The van der Waals surface area contributed by atoms with Gasteiger partial charge in [-0.2, -0.15) is 0 Å². The zero-order chi connectivity index (χ0) is 24.7. The molecule has 2 aliphatic heterocycles. The first-order valence-corrected chi connectivity index (χ1v) is 12.0. The lowest BCUT2D eigenvalue weighted by molar-refractivity contribution is -0.305. The van der Waals surface area contributed by atoms with Gasteiger partial charge < -0.3 is 35.2 Å². The first kappa shape index (κ1) is 24.3. The van der Waals surface area contributed by atoms with Crippen molar-refractivity contribution in [2.24, 2.45) is 0 Å². The number of aliphatic hydroxyl groups is 3. The van der Waals surface area contributed by atoms with E-state index in [1.165, 1.54) is 5.57 Å².